The van der Waals surface area contributed by atoms with Gasteiger partial charge in [-0.1, -0.05) is 17.7 Å². The van der Waals surface area contributed by atoms with Crippen LogP contribution in [0.3, 0.4) is 0 Å². The summed E-state index contributed by atoms with van der Waals surface area (Å²) in [5, 5.41) is 9.98. The van der Waals surface area contributed by atoms with E-state index in [0.29, 0.717) is 17.1 Å². The van der Waals surface area contributed by atoms with E-state index in [1.54, 1.807) is 41.4 Å². The molecule has 2 aromatic carbocycles. The van der Waals surface area contributed by atoms with Crippen molar-refractivity contribution in [3.8, 4) is 11.5 Å². The second-order valence-corrected chi connectivity index (χ2v) is 7.00. The second kappa shape index (κ2) is 6.65. The average Bonchev–Trinajstić information content (AvgIpc) is 3.25. The Morgan fingerprint density at radius 2 is 1.96 bits per heavy atom. The van der Waals surface area contributed by atoms with E-state index in [-0.39, 0.29) is 5.91 Å². The van der Waals surface area contributed by atoms with Crippen LogP contribution < -0.4 is 10.1 Å². The normalized spacial score (nSPS) is 10.8. The van der Waals surface area contributed by atoms with Crippen molar-refractivity contribution in [1.29, 1.82) is 0 Å². The van der Waals surface area contributed by atoms with Crippen molar-refractivity contribution >= 4 is 33.1 Å². The van der Waals surface area contributed by atoms with E-state index < -0.39 is 0 Å². The number of rotatable bonds is 4. The number of hydrogen-bond donors (Lipinski definition) is 1. The monoisotopic (exact) mass is 363 g/mol. The van der Waals surface area contributed by atoms with Crippen LogP contribution in [0.4, 0.5) is 5.82 Å². The summed E-state index contributed by atoms with van der Waals surface area (Å²) in [6.45, 7) is 2.03. The summed E-state index contributed by atoms with van der Waals surface area (Å²) in [5.41, 5.74) is 1.70. The lowest BCUT2D eigenvalue weighted by Crippen LogP contribution is -2.12. The van der Waals surface area contributed by atoms with E-state index in [9.17, 15) is 4.79 Å². The van der Waals surface area contributed by atoms with Gasteiger partial charge in [0.2, 0.25) is 0 Å². The molecule has 4 rings (SSSR count). The van der Waals surface area contributed by atoms with E-state index in [0.717, 1.165) is 15.8 Å². The second-order valence-electron chi connectivity index (χ2n) is 6.05. The third kappa shape index (κ3) is 3.32. The summed E-state index contributed by atoms with van der Waals surface area (Å²) in [7, 11) is 1.81. The van der Waals surface area contributed by atoms with Gasteiger partial charge in [-0.05, 0) is 42.6 Å². The zero-order valence-corrected chi connectivity index (χ0v) is 15.2. The Bertz CT molecular complexity index is 1080. The molecule has 0 atom stereocenters. The molecule has 1 amide bonds. The Labute approximate surface area is 154 Å². The van der Waals surface area contributed by atoms with E-state index in [1.165, 1.54) is 5.56 Å². The van der Waals surface area contributed by atoms with Crippen LogP contribution in [0.2, 0.25) is 0 Å². The van der Waals surface area contributed by atoms with Gasteiger partial charge in [0, 0.05) is 35.0 Å². The summed E-state index contributed by atoms with van der Waals surface area (Å²) in [6.07, 6.45) is 1.78. The first-order chi connectivity index (χ1) is 12.6. The molecule has 130 valence electrons. The topological polar surface area (TPSA) is 56.1 Å². The number of hydrogen-bond acceptors (Lipinski definition) is 4. The number of carbonyl (C=O) groups excluding carboxylic acids is 1. The molecule has 0 spiro atoms. The minimum atomic E-state index is -0.215. The summed E-state index contributed by atoms with van der Waals surface area (Å²) in [5.74, 6) is 1.71. The number of nitrogens with zero attached hydrogens (tertiary/aromatic N) is 2. The maximum atomic E-state index is 12.6. The van der Waals surface area contributed by atoms with Crippen LogP contribution in [0.1, 0.15) is 15.9 Å². The number of anilines is 1. The smallest absolute Gasteiger partial charge is 0.257 e. The lowest BCUT2D eigenvalue weighted by Gasteiger charge is -2.10. The van der Waals surface area contributed by atoms with E-state index >= 15 is 0 Å². The van der Waals surface area contributed by atoms with Crippen molar-refractivity contribution in [1.82, 2.24) is 9.78 Å². The largest absolute Gasteiger partial charge is 0.457 e. The maximum absolute atomic E-state index is 12.6. The lowest BCUT2D eigenvalue weighted by molar-refractivity contribution is 0.102. The molecule has 0 bridgehead atoms. The minimum Gasteiger partial charge on any atom is -0.457 e. The number of benzene rings is 2. The number of ether oxygens (including phenoxy) is 1. The van der Waals surface area contributed by atoms with Crippen LogP contribution >= 0.6 is 11.3 Å². The molecule has 0 radical (unpaired) electrons. The molecular weight excluding hydrogens is 346 g/mol. The predicted molar refractivity (Wildman–Crippen MR) is 104 cm³/mol. The fraction of sp³-hybridized carbons (Fsp3) is 0.100. The average molecular weight is 363 g/mol. The number of amides is 1. The van der Waals surface area contributed by atoms with Gasteiger partial charge in [-0.25, -0.2) is 0 Å². The van der Waals surface area contributed by atoms with Crippen molar-refractivity contribution in [3.63, 3.8) is 0 Å². The predicted octanol–water partition coefficient (Wildman–Crippen LogP) is 4.99. The fourth-order valence-electron chi connectivity index (χ4n) is 2.66. The Morgan fingerprint density at radius 3 is 2.69 bits per heavy atom. The van der Waals surface area contributed by atoms with Gasteiger partial charge < -0.3 is 10.1 Å². The highest BCUT2D eigenvalue weighted by Gasteiger charge is 2.14. The lowest BCUT2D eigenvalue weighted by atomic mass is 10.1. The summed E-state index contributed by atoms with van der Waals surface area (Å²) in [4.78, 5) is 12.6. The highest BCUT2D eigenvalue weighted by molar-refractivity contribution is 7.17. The first-order valence-corrected chi connectivity index (χ1v) is 9.03. The zero-order valence-electron chi connectivity index (χ0n) is 14.4. The molecule has 0 saturated heterocycles. The first kappa shape index (κ1) is 16.4. The maximum Gasteiger partial charge on any atom is 0.257 e. The van der Waals surface area contributed by atoms with Gasteiger partial charge in [-0.2, -0.15) is 5.10 Å². The van der Waals surface area contributed by atoms with Crippen LogP contribution in [0.15, 0.2) is 60.1 Å². The molecule has 1 N–H and O–H groups in total. The summed E-state index contributed by atoms with van der Waals surface area (Å²) in [6, 6.07) is 15.3. The zero-order chi connectivity index (χ0) is 18.1. The Balaban J connectivity index is 1.67. The van der Waals surface area contributed by atoms with Crippen molar-refractivity contribution < 1.29 is 9.53 Å². The van der Waals surface area contributed by atoms with Crippen LogP contribution in [-0.4, -0.2) is 15.7 Å². The molecule has 4 aromatic rings. The molecule has 0 aliphatic heterocycles. The minimum absolute atomic E-state index is 0.215. The highest BCUT2D eigenvalue weighted by Crippen LogP contribution is 2.34. The Morgan fingerprint density at radius 1 is 1.15 bits per heavy atom. The van der Waals surface area contributed by atoms with Crippen molar-refractivity contribution in [2.45, 2.75) is 6.92 Å². The van der Waals surface area contributed by atoms with Gasteiger partial charge in [0.1, 0.15) is 11.5 Å². The number of fused-ring (bicyclic) bond motifs is 1. The van der Waals surface area contributed by atoms with Gasteiger partial charge in [-0.15, -0.1) is 11.3 Å². The first-order valence-electron chi connectivity index (χ1n) is 8.15. The van der Waals surface area contributed by atoms with Gasteiger partial charge in [-0.3, -0.25) is 9.48 Å². The SMILES string of the molecule is Cc1ccc(Oc2cc(C(=O)Nc3ccn(C)n3)cc3sccc23)cc1. The standard InChI is InChI=1S/C20H17N3O2S/c1-13-3-5-15(6-4-13)25-17-11-14(12-18-16(17)8-10-26-18)20(24)21-19-7-9-23(2)22-19/h3-12H,1-2H3,(H,21,22,24). The van der Waals surface area contributed by atoms with Crippen LogP contribution in [0.25, 0.3) is 10.1 Å². The third-order valence-corrected chi connectivity index (χ3v) is 4.86. The summed E-state index contributed by atoms with van der Waals surface area (Å²) < 4.78 is 8.70. The van der Waals surface area contributed by atoms with Crippen LogP contribution in [0, 0.1) is 6.92 Å². The van der Waals surface area contributed by atoms with Crippen LogP contribution in [-0.2, 0) is 7.05 Å². The van der Waals surface area contributed by atoms with Crippen molar-refractivity contribution in [2.24, 2.45) is 7.05 Å². The van der Waals surface area contributed by atoms with Crippen LogP contribution in [0.5, 0.6) is 11.5 Å². The molecule has 2 heterocycles. The molecule has 0 aliphatic carbocycles. The summed E-state index contributed by atoms with van der Waals surface area (Å²) >= 11 is 1.58. The van der Waals surface area contributed by atoms with E-state index in [4.69, 9.17) is 4.74 Å². The Kier molecular flexibility index (Phi) is 4.18. The number of aromatic nitrogens is 2. The molecule has 26 heavy (non-hydrogen) atoms. The molecule has 0 aliphatic rings. The number of thiophene rings is 1. The molecule has 5 nitrogen and oxygen atoms in total. The third-order valence-electron chi connectivity index (χ3n) is 4.00. The molecule has 0 fully saturated rings. The van der Waals surface area contributed by atoms with Gasteiger partial charge in [0.15, 0.2) is 5.82 Å². The molecule has 2 aromatic heterocycles. The Hall–Kier alpha value is -3.12. The molecule has 0 unspecified atom stereocenters. The molecular formula is C20H17N3O2S. The quantitative estimate of drug-likeness (QED) is 0.556. The molecule has 0 saturated carbocycles. The number of nitrogens with one attached hydrogen (secondary N) is 1. The molecule has 6 heteroatoms. The number of aryl methyl sites for hydroxylation is 2. The number of carbonyl (C=O) groups is 1. The van der Waals surface area contributed by atoms with Crippen molar-refractivity contribution in [3.05, 3.63) is 71.2 Å². The van der Waals surface area contributed by atoms with Crippen molar-refractivity contribution in [2.75, 3.05) is 5.32 Å². The van der Waals surface area contributed by atoms with Gasteiger partial charge in [0.25, 0.3) is 5.91 Å². The fourth-order valence-corrected chi connectivity index (χ4v) is 3.50. The van der Waals surface area contributed by atoms with Gasteiger partial charge >= 0.3 is 0 Å². The van der Waals surface area contributed by atoms with Gasteiger partial charge in [0.05, 0.1) is 0 Å². The highest BCUT2D eigenvalue weighted by atomic mass is 32.1. The van der Waals surface area contributed by atoms with E-state index in [2.05, 4.69) is 10.4 Å². The van der Waals surface area contributed by atoms with E-state index in [1.807, 2.05) is 48.7 Å².